The third kappa shape index (κ3) is 8.58. The molecular weight excluding hydrogens is 859 g/mol. The summed E-state index contributed by atoms with van der Waals surface area (Å²) in [4.78, 5) is 103. The predicted molar refractivity (Wildman–Crippen MR) is 246 cm³/mol. The average Bonchev–Trinajstić information content (AvgIpc) is 3.53. The van der Waals surface area contributed by atoms with Crippen molar-refractivity contribution in [1.29, 1.82) is 0 Å². The molecule has 2 N–H and O–H groups in total. The monoisotopic (exact) mass is 911 g/mol. The maximum absolute atomic E-state index is 13.4. The largest absolute Gasteiger partial charge is 0.474 e. The Morgan fingerprint density at radius 2 is 1.64 bits per heavy atom. The van der Waals surface area contributed by atoms with Gasteiger partial charge in [0.15, 0.2) is 0 Å². The van der Waals surface area contributed by atoms with Gasteiger partial charge in [-0.05, 0) is 82.0 Å². The fourth-order valence-corrected chi connectivity index (χ4v) is 9.73. The molecule has 0 aliphatic carbocycles. The Hall–Kier alpha value is -7.15. The smallest absolute Gasteiger partial charge is 0.415 e. The summed E-state index contributed by atoms with van der Waals surface area (Å²) in [5, 5.41) is 5.56. The average molecular weight is 912 g/mol. The van der Waals surface area contributed by atoms with Gasteiger partial charge in [-0.15, -0.1) is 0 Å². The van der Waals surface area contributed by atoms with Crippen molar-refractivity contribution in [3.8, 4) is 5.88 Å². The van der Waals surface area contributed by atoms with Gasteiger partial charge in [0.05, 0.1) is 48.2 Å². The standard InChI is InChI=1S/C48H53N11O8/c1-28-38(24-49-43-41(28)58(19-20-66-43)47(65)67-48(2,3)4)56-14-13-30-23-50-46(52-36(30)27-56)51-31-7-5-29(6-8-31)21-40(61)55-17-15-54(16-18-55)33-25-57(26-33)32-9-10-34-35(22-32)45(64)59(44(34)63)37-11-12-39(60)53-42(37)62/h5-10,22-24,33,37H,11-21,25-27H2,1-4H3,(H,50,51,52)(H,53,60,62). The maximum atomic E-state index is 13.4. The highest BCUT2D eigenvalue weighted by Crippen LogP contribution is 2.40. The Kier molecular flexibility index (Phi) is 11.3. The molecule has 4 aromatic rings. The highest BCUT2D eigenvalue weighted by atomic mass is 16.6. The summed E-state index contributed by atoms with van der Waals surface area (Å²) < 4.78 is 11.6. The number of piperidine rings is 1. The number of imide groups is 2. The molecule has 6 aliphatic rings. The van der Waals surface area contributed by atoms with Crippen LogP contribution in [0.2, 0.25) is 0 Å². The first-order valence-corrected chi connectivity index (χ1v) is 22.9. The molecule has 0 radical (unpaired) electrons. The van der Waals surface area contributed by atoms with Gasteiger partial charge in [0.1, 0.15) is 23.9 Å². The number of ether oxygens (including phenoxy) is 2. The minimum Gasteiger partial charge on any atom is -0.474 e. The minimum absolute atomic E-state index is 0.0739. The van der Waals surface area contributed by atoms with E-state index in [1.807, 2.05) is 69.1 Å². The van der Waals surface area contributed by atoms with E-state index >= 15 is 0 Å². The number of fused-ring (bicyclic) bond motifs is 3. The van der Waals surface area contributed by atoms with Crippen LogP contribution in [0.5, 0.6) is 5.88 Å². The van der Waals surface area contributed by atoms with E-state index in [2.05, 4.69) is 35.3 Å². The van der Waals surface area contributed by atoms with Crippen LogP contribution in [-0.2, 0) is 38.5 Å². The topological polar surface area (TPSA) is 203 Å². The minimum atomic E-state index is -0.996. The molecule has 19 heteroatoms. The van der Waals surface area contributed by atoms with Gasteiger partial charge in [-0.1, -0.05) is 12.1 Å². The van der Waals surface area contributed by atoms with Crippen LogP contribution >= 0.6 is 0 Å². The van der Waals surface area contributed by atoms with Crippen molar-refractivity contribution in [2.75, 3.05) is 79.0 Å². The molecule has 8 heterocycles. The Balaban J connectivity index is 0.697. The van der Waals surface area contributed by atoms with Crippen LogP contribution in [0.3, 0.4) is 0 Å². The summed E-state index contributed by atoms with van der Waals surface area (Å²) in [5.41, 5.74) is 6.82. The molecule has 67 heavy (non-hydrogen) atoms. The molecule has 348 valence electrons. The van der Waals surface area contributed by atoms with E-state index in [1.165, 1.54) is 0 Å². The van der Waals surface area contributed by atoms with Crippen LogP contribution < -0.4 is 30.1 Å². The van der Waals surface area contributed by atoms with E-state index < -0.39 is 41.4 Å². The molecule has 0 saturated carbocycles. The number of pyridine rings is 1. The van der Waals surface area contributed by atoms with Crippen LogP contribution in [0.15, 0.2) is 54.9 Å². The Bertz CT molecular complexity index is 2690. The highest BCUT2D eigenvalue weighted by Gasteiger charge is 2.45. The molecule has 6 aliphatic heterocycles. The van der Waals surface area contributed by atoms with Crippen LogP contribution in [0.25, 0.3) is 0 Å². The first-order valence-electron chi connectivity index (χ1n) is 22.9. The predicted octanol–water partition coefficient (Wildman–Crippen LogP) is 3.60. The molecule has 0 bridgehead atoms. The summed E-state index contributed by atoms with van der Waals surface area (Å²) in [6, 6.07) is 12.3. The lowest BCUT2D eigenvalue weighted by molar-refractivity contribution is -0.136. The molecule has 19 nitrogen and oxygen atoms in total. The second kappa shape index (κ2) is 17.3. The van der Waals surface area contributed by atoms with Crippen molar-refractivity contribution >= 4 is 64.3 Å². The summed E-state index contributed by atoms with van der Waals surface area (Å²) in [6.07, 6.45) is 4.47. The number of piperazine rings is 1. The number of hydrogen-bond acceptors (Lipinski definition) is 15. The first kappa shape index (κ1) is 43.7. The molecule has 0 spiro atoms. The number of anilines is 5. The highest BCUT2D eigenvalue weighted by molar-refractivity contribution is 6.23. The molecular formula is C48H53N11O8. The fourth-order valence-electron chi connectivity index (χ4n) is 9.73. The normalized spacial score (nSPS) is 19.9. The molecule has 6 amide bonds. The third-order valence-corrected chi connectivity index (χ3v) is 13.4. The number of rotatable bonds is 8. The second-order valence-corrected chi connectivity index (χ2v) is 18.9. The molecule has 3 fully saturated rings. The van der Waals surface area contributed by atoms with Crippen molar-refractivity contribution in [2.45, 2.75) is 77.6 Å². The van der Waals surface area contributed by atoms with Gasteiger partial charge in [0, 0.05) is 81.4 Å². The summed E-state index contributed by atoms with van der Waals surface area (Å²) in [7, 11) is 0. The number of benzene rings is 2. The number of hydrogen-bond donors (Lipinski definition) is 2. The van der Waals surface area contributed by atoms with Crippen molar-refractivity contribution in [1.82, 2.24) is 35.0 Å². The Morgan fingerprint density at radius 3 is 2.39 bits per heavy atom. The zero-order valence-corrected chi connectivity index (χ0v) is 38.0. The zero-order valence-electron chi connectivity index (χ0n) is 38.0. The van der Waals surface area contributed by atoms with Gasteiger partial charge < -0.3 is 29.5 Å². The summed E-state index contributed by atoms with van der Waals surface area (Å²) in [5.74, 6) is -1.10. The van der Waals surface area contributed by atoms with Gasteiger partial charge in [-0.3, -0.25) is 44.0 Å². The van der Waals surface area contributed by atoms with Gasteiger partial charge in [-0.25, -0.2) is 19.7 Å². The van der Waals surface area contributed by atoms with E-state index in [0.717, 1.165) is 83.5 Å². The van der Waals surface area contributed by atoms with E-state index in [-0.39, 0.29) is 29.9 Å². The van der Waals surface area contributed by atoms with Crippen molar-refractivity contribution in [2.24, 2.45) is 0 Å². The lowest BCUT2D eigenvalue weighted by Crippen LogP contribution is -2.63. The maximum Gasteiger partial charge on any atom is 0.415 e. The second-order valence-electron chi connectivity index (χ2n) is 18.9. The number of amides is 6. The number of carbonyl (C=O) groups is 6. The van der Waals surface area contributed by atoms with Gasteiger partial charge in [0.2, 0.25) is 29.5 Å². The summed E-state index contributed by atoms with van der Waals surface area (Å²) >= 11 is 0. The van der Waals surface area contributed by atoms with Crippen LogP contribution in [0, 0.1) is 6.92 Å². The van der Waals surface area contributed by atoms with E-state index in [1.54, 1.807) is 23.2 Å². The number of carbonyl (C=O) groups excluding carboxylic acids is 6. The lowest BCUT2D eigenvalue weighted by Gasteiger charge is -2.49. The molecule has 3 saturated heterocycles. The van der Waals surface area contributed by atoms with Crippen LogP contribution in [0.1, 0.15) is 76.7 Å². The molecule has 2 aromatic heterocycles. The third-order valence-electron chi connectivity index (χ3n) is 13.4. The fraction of sp³-hybridized carbons (Fsp3) is 0.438. The van der Waals surface area contributed by atoms with Gasteiger partial charge in [-0.2, -0.15) is 0 Å². The quantitative estimate of drug-likeness (QED) is 0.243. The van der Waals surface area contributed by atoms with E-state index in [0.29, 0.717) is 62.8 Å². The zero-order chi connectivity index (χ0) is 46.7. The lowest BCUT2D eigenvalue weighted by atomic mass is 10.0. The van der Waals surface area contributed by atoms with Crippen molar-refractivity contribution in [3.05, 3.63) is 88.4 Å². The summed E-state index contributed by atoms with van der Waals surface area (Å²) in [6.45, 7) is 13.8. The number of aromatic nitrogens is 3. The Morgan fingerprint density at radius 1 is 0.881 bits per heavy atom. The molecule has 1 atom stereocenters. The van der Waals surface area contributed by atoms with Gasteiger partial charge >= 0.3 is 6.09 Å². The van der Waals surface area contributed by atoms with Crippen LogP contribution in [0.4, 0.5) is 33.5 Å². The van der Waals surface area contributed by atoms with E-state index in [9.17, 15) is 28.8 Å². The molecule has 2 aromatic carbocycles. The van der Waals surface area contributed by atoms with Gasteiger partial charge in [0.25, 0.3) is 11.8 Å². The van der Waals surface area contributed by atoms with E-state index in [4.69, 9.17) is 14.5 Å². The van der Waals surface area contributed by atoms with Crippen LogP contribution in [-0.4, -0.2) is 142 Å². The number of nitrogens with zero attached hydrogens (tertiary/aromatic N) is 9. The van der Waals surface area contributed by atoms with Crippen molar-refractivity contribution < 1.29 is 38.2 Å². The molecule has 10 rings (SSSR count). The SMILES string of the molecule is Cc1c(N2CCc3cnc(Nc4ccc(CC(=O)N5CCN(C6CN(c7ccc8c(c7)C(=O)N(C7CCC(=O)NC7=O)C8=O)C6)CC5)cc4)nc3C2)cnc2c1N(C(=O)OC(C)(C)C)CCO2. The Labute approximate surface area is 387 Å². The molecule has 1 unspecified atom stereocenters. The van der Waals surface area contributed by atoms with Crippen molar-refractivity contribution in [3.63, 3.8) is 0 Å². The number of nitrogens with one attached hydrogen (secondary N) is 2. The first-order chi connectivity index (χ1) is 32.2.